The molecule has 2 atom stereocenters. The van der Waals surface area contributed by atoms with Crippen LogP contribution in [0.1, 0.15) is 18.1 Å². The molecule has 3 aromatic rings. The molecular weight excluding hydrogens is 420 g/mol. The van der Waals surface area contributed by atoms with Gasteiger partial charge in [0.2, 0.25) is 0 Å². The summed E-state index contributed by atoms with van der Waals surface area (Å²) in [5, 5.41) is 13.2. The summed E-state index contributed by atoms with van der Waals surface area (Å²) in [6.07, 6.45) is -1.04. The molecule has 3 aromatic carbocycles. The molecule has 170 valence electrons. The second-order valence-corrected chi connectivity index (χ2v) is 8.19. The maximum atomic E-state index is 13.0. The number of aryl methyl sites for hydroxylation is 1. The van der Waals surface area contributed by atoms with Gasteiger partial charge in [-0.1, -0.05) is 48.0 Å². The molecule has 33 heavy (non-hydrogen) atoms. The number of β-amino-alcohol motifs (C(OH)–C–C–N with tert-alkyl or cyclic N) is 1. The van der Waals surface area contributed by atoms with Crippen LogP contribution in [0.15, 0.2) is 78.9 Å². The van der Waals surface area contributed by atoms with E-state index >= 15 is 0 Å². The minimum Gasteiger partial charge on any atom is -0.491 e. The van der Waals surface area contributed by atoms with E-state index in [1.54, 1.807) is 31.2 Å². The summed E-state index contributed by atoms with van der Waals surface area (Å²) in [5.41, 5.74) is 0.584. The summed E-state index contributed by atoms with van der Waals surface area (Å²) in [4.78, 5) is 26.5. The smallest absolute Gasteiger partial charge is 0.325 e. The van der Waals surface area contributed by atoms with Crippen LogP contribution in [-0.4, -0.2) is 41.2 Å². The van der Waals surface area contributed by atoms with Gasteiger partial charge in [-0.2, -0.15) is 0 Å². The molecule has 7 nitrogen and oxygen atoms in total. The van der Waals surface area contributed by atoms with Crippen molar-refractivity contribution in [2.75, 3.05) is 13.2 Å². The molecule has 0 spiro atoms. The first-order valence-electron chi connectivity index (χ1n) is 10.7. The molecule has 1 heterocycles. The second kappa shape index (κ2) is 9.34. The number of ether oxygens (including phenoxy) is 2. The van der Waals surface area contributed by atoms with Crippen LogP contribution in [0.5, 0.6) is 17.2 Å². The third-order valence-electron chi connectivity index (χ3n) is 5.54. The Hall–Kier alpha value is -3.84. The Morgan fingerprint density at radius 3 is 2.18 bits per heavy atom. The van der Waals surface area contributed by atoms with Gasteiger partial charge < -0.3 is 19.9 Å². The van der Waals surface area contributed by atoms with Crippen LogP contribution in [0.3, 0.4) is 0 Å². The zero-order valence-electron chi connectivity index (χ0n) is 18.5. The first-order chi connectivity index (χ1) is 15.8. The van der Waals surface area contributed by atoms with E-state index in [9.17, 15) is 14.7 Å². The van der Waals surface area contributed by atoms with Crippen molar-refractivity contribution in [3.8, 4) is 17.2 Å². The summed E-state index contributed by atoms with van der Waals surface area (Å²) < 4.78 is 11.4. The lowest BCUT2D eigenvalue weighted by Crippen LogP contribution is -2.42. The number of hydrogen-bond acceptors (Lipinski definition) is 5. The van der Waals surface area contributed by atoms with E-state index in [4.69, 9.17) is 9.47 Å². The molecule has 1 aliphatic rings. The zero-order valence-corrected chi connectivity index (χ0v) is 18.5. The summed E-state index contributed by atoms with van der Waals surface area (Å²) in [5.74, 6) is 1.52. The minimum absolute atomic E-state index is 0.0722. The van der Waals surface area contributed by atoms with E-state index in [-0.39, 0.29) is 13.2 Å². The quantitative estimate of drug-likeness (QED) is 0.511. The van der Waals surface area contributed by atoms with E-state index in [0.29, 0.717) is 17.1 Å². The monoisotopic (exact) mass is 446 g/mol. The first-order valence-corrected chi connectivity index (χ1v) is 10.7. The van der Waals surface area contributed by atoms with Crippen molar-refractivity contribution in [2.24, 2.45) is 0 Å². The molecule has 0 saturated carbocycles. The number of aliphatic hydroxyl groups excluding tert-OH is 1. The molecule has 0 radical (unpaired) electrons. The fourth-order valence-corrected chi connectivity index (χ4v) is 3.63. The van der Waals surface area contributed by atoms with E-state index in [1.807, 2.05) is 61.5 Å². The lowest BCUT2D eigenvalue weighted by Gasteiger charge is -2.23. The van der Waals surface area contributed by atoms with Gasteiger partial charge in [-0.15, -0.1) is 0 Å². The van der Waals surface area contributed by atoms with E-state index in [2.05, 4.69) is 5.32 Å². The van der Waals surface area contributed by atoms with Gasteiger partial charge in [0, 0.05) is 0 Å². The SMILES string of the molecule is Cc1ccc(C2(C)NC(=O)N(CC(O)COc3ccc(Oc4ccccc4)cc3)C2=O)cc1. The number of imide groups is 1. The molecular formula is C26H26N2O5. The van der Waals surface area contributed by atoms with Crippen LogP contribution in [0.4, 0.5) is 4.79 Å². The number of carbonyl (C=O) groups is 2. The standard InChI is InChI=1S/C26H26N2O5/c1-18-8-10-19(11-9-18)26(2)24(30)28(25(31)27-26)16-20(29)17-32-21-12-14-23(15-13-21)33-22-6-4-3-5-7-22/h3-15,20,29H,16-17H2,1-2H3,(H,27,31). The highest BCUT2D eigenvalue weighted by Gasteiger charge is 2.49. The van der Waals surface area contributed by atoms with Gasteiger partial charge in [-0.25, -0.2) is 4.79 Å². The predicted octanol–water partition coefficient (Wildman–Crippen LogP) is 3.99. The lowest BCUT2D eigenvalue weighted by atomic mass is 9.91. The fraction of sp³-hybridized carbons (Fsp3) is 0.231. The molecule has 1 saturated heterocycles. The Balaban J connectivity index is 1.32. The summed E-state index contributed by atoms with van der Waals surface area (Å²) in [7, 11) is 0. The first kappa shape index (κ1) is 22.4. The molecule has 7 heteroatoms. The molecule has 2 N–H and O–H groups in total. The Kier molecular flexibility index (Phi) is 6.33. The maximum absolute atomic E-state index is 13.0. The predicted molar refractivity (Wildman–Crippen MR) is 123 cm³/mol. The highest BCUT2D eigenvalue weighted by atomic mass is 16.5. The minimum atomic E-state index is -1.17. The average molecular weight is 447 g/mol. The molecule has 0 bridgehead atoms. The number of rotatable bonds is 8. The number of aliphatic hydroxyl groups is 1. The van der Waals surface area contributed by atoms with Crippen LogP contribution in [0, 0.1) is 6.92 Å². The van der Waals surface area contributed by atoms with E-state index in [1.165, 1.54) is 0 Å². The Morgan fingerprint density at radius 2 is 1.52 bits per heavy atom. The molecule has 1 fully saturated rings. The van der Waals surface area contributed by atoms with Gasteiger partial charge >= 0.3 is 6.03 Å². The van der Waals surface area contributed by atoms with Crippen LogP contribution < -0.4 is 14.8 Å². The van der Waals surface area contributed by atoms with Crippen molar-refractivity contribution >= 4 is 11.9 Å². The average Bonchev–Trinajstić information content (AvgIpc) is 3.03. The Morgan fingerprint density at radius 1 is 0.909 bits per heavy atom. The molecule has 1 aliphatic heterocycles. The van der Waals surface area contributed by atoms with Crippen molar-refractivity contribution in [3.63, 3.8) is 0 Å². The van der Waals surface area contributed by atoms with Gasteiger partial charge in [0.15, 0.2) is 0 Å². The van der Waals surface area contributed by atoms with Gasteiger partial charge in [0.05, 0.1) is 6.54 Å². The molecule has 2 unspecified atom stereocenters. The summed E-state index contributed by atoms with van der Waals surface area (Å²) >= 11 is 0. The van der Waals surface area contributed by atoms with Gasteiger partial charge in [-0.3, -0.25) is 9.69 Å². The largest absolute Gasteiger partial charge is 0.491 e. The molecule has 0 aliphatic carbocycles. The number of nitrogens with one attached hydrogen (secondary N) is 1. The third-order valence-corrected chi connectivity index (χ3v) is 5.54. The topological polar surface area (TPSA) is 88.1 Å². The van der Waals surface area contributed by atoms with Gasteiger partial charge in [0.25, 0.3) is 5.91 Å². The summed E-state index contributed by atoms with van der Waals surface area (Å²) in [6, 6.07) is 23.3. The number of hydrogen-bond donors (Lipinski definition) is 2. The molecule has 4 rings (SSSR count). The third kappa shape index (κ3) is 4.99. The van der Waals surface area contributed by atoms with Crippen LogP contribution in [0.25, 0.3) is 0 Å². The fourth-order valence-electron chi connectivity index (χ4n) is 3.63. The number of carbonyl (C=O) groups excluding carboxylic acids is 2. The number of amides is 3. The van der Waals surface area contributed by atoms with Crippen LogP contribution >= 0.6 is 0 Å². The van der Waals surface area contributed by atoms with Crippen LogP contribution in [-0.2, 0) is 10.3 Å². The Labute approximate surface area is 192 Å². The Bertz CT molecular complexity index is 1120. The van der Waals surface area contributed by atoms with Crippen LogP contribution in [0.2, 0.25) is 0 Å². The lowest BCUT2D eigenvalue weighted by molar-refractivity contribution is -0.132. The highest BCUT2D eigenvalue weighted by molar-refractivity contribution is 6.07. The van der Waals surface area contributed by atoms with Crippen molar-refractivity contribution < 1.29 is 24.2 Å². The van der Waals surface area contributed by atoms with E-state index in [0.717, 1.165) is 16.2 Å². The van der Waals surface area contributed by atoms with Crippen molar-refractivity contribution in [2.45, 2.75) is 25.5 Å². The van der Waals surface area contributed by atoms with Crippen molar-refractivity contribution in [3.05, 3.63) is 90.0 Å². The highest BCUT2D eigenvalue weighted by Crippen LogP contribution is 2.29. The van der Waals surface area contributed by atoms with E-state index < -0.39 is 23.6 Å². The number of benzene rings is 3. The second-order valence-electron chi connectivity index (χ2n) is 8.19. The van der Waals surface area contributed by atoms with Gasteiger partial charge in [-0.05, 0) is 55.8 Å². The molecule has 0 aromatic heterocycles. The number of para-hydroxylation sites is 1. The zero-order chi connectivity index (χ0) is 23.4. The number of urea groups is 1. The van der Waals surface area contributed by atoms with Gasteiger partial charge in [0.1, 0.15) is 35.5 Å². The van der Waals surface area contributed by atoms with Crippen molar-refractivity contribution in [1.29, 1.82) is 0 Å². The normalized spacial score (nSPS) is 18.7. The maximum Gasteiger partial charge on any atom is 0.325 e. The number of nitrogens with zero attached hydrogens (tertiary/aromatic N) is 1. The molecule has 3 amide bonds. The summed E-state index contributed by atoms with van der Waals surface area (Å²) in [6.45, 7) is 3.38. The van der Waals surface area contributed by atoms with Crippen molar-refractivity contribution in [1.82, 2.24) is 10.2 Å².